The van der Waals surface area contributed by atoms with Gasteiger partial charge in [0.05, 0.1) is 35.0 Å². The van der Waals surface area contributed by atoms with Crippen LogP contribution in [0, 0.1) is 30.0 Å². The van der Waals surface area contributed by atoms with E-state index in [1.807, 2.05) is 43.9 Å². The molecule has 1 aromatic carbocycles. The van der Waals surface area contributed by atoms with Gasteiger partial charge in [-0.1, -0.05) is 18.2 Å². The molecule has 0 radical (unpaired) electrons. The second-order valence-electron chi connectivity index (χ2n) is 11.7. The van der Waals surface area contributed by atoms with Crippen LogP contribution in [0.25, 0.3) is 11.0 Å². The normalized spacial score (nSPS) is 18.6. The number of anilines is 1. The molecule has 5 rings (SSSR count). The van der Waals surface area contributed by atoms with Gasteiger partial charge in [-0.2, -0.15) is 5.26 Å². The molecule has 212 valence electrons. The van der Waals surface area contributed by atoms with Crippen LogP contribution in [-0.2, 0) is 17.9 Å². The number of rotatable bonds is 8. The Morgan fingerprint density at radius 3 is 2.52 bits per heavy atom. The van der Waals surface area contributed by atoms with Crippen LogP contribution < -0.4 is 5.32 Å². The van der Waals surface area contributed by atoms with E-state index >= 15 is 13.2 Å². The van der Waals surface area contributed by atoms with Gasteiger partial charge in [-0.05, 0) is 85.4 Å². The number of piperidine rings is 1. The van der Waals surface area contributed by atoms with E-state index in [2.05, 4.69) is 16.4 Å². The Hall–Kier alpha value is -3.29. The lowest BCUT2D eigenvalue weighted by atomic mass is 9.85. The number of hydrogen-bond donors (Lipinski definition) is 1. The summed E-state index contributed by atoms with van der Waals surface area (Å²) in [4.78, 5) is 18.0. The van der Waals surface area contributed by atoms with Crippen molar-refractivity contribution in [1.82, 2.24) is 24.8 Å². The predicted octanol–water partition coefficient (Wildman–Crippen LogP) is 5.70. The summed E-state index contributed by atoms with van der Waals surface area (Å²) < 4.78 is 47.0. The van der Waals surface area contributed by atoms with E-state index in [9.17, 15) is 5.26 Å². The number of fused-ring (bicyclic) bond motifs is 1. The Kier molecular flexibility index (Phi) is 7.48. The van der Waals surface area contributed by atoms with Crippen molar-refractivity contribution in [2.75, 3.05) is 39.5 Å². The largest absolute Gasteiger partial charge is 0.363 e. The minimum Gasteiger partial charge on any atom is -0.363 e. The maximum atomic E-state index is 15.8. The van der Waals surface area contributed by atoms with Gasteiger partial charge in [0.15, 0.2) is 5.65 Å². The van der Waals surface area contributed by atoms with Crippen molar-refractivity contribution in [2.45, 2.75) is 63.5 Å². The molecule has 1 aliphatic heterocycles. The summed E-state index contributed by atoms with van der Waals surface area (Å²) in [5, 5.41) is 13.7. The zero-order valence-electron chi connectivity index (χ0n) is 23.7. The highest BCUT2D eigenvalue weighted by Gasteiger charge is 2.47. The zero-order chi connectivity index (χ0) is 28.8. The number of nitrogens with one attached hydrogen (secondary N) is 1. The van der Waals surface area contributed by atoms with E-state index in [0.717, 1.165) is 24.1 Å². The molecule has 0 bridgehead atoms. The molecule has 1 N–H and O–H groups in total. The minimum absolute atomic E-state index is 0.141. The number of aromatic nitrogens is 3. The van der Waals surface area contributed by atoms with Gasteiger partial charge in [-0.3, -0.25) is 0 Å². The minimum atomic E-state index is -3.27. The number of pyridine rings is 1. The van der Waals surface area contributed by atoms with Crippen LogP contribution >= 0.6 is 0 Å². The van der Waals surface area contributed by atoms with E-state index in [-0.39, 0.29) is 5.56 Å². The maximum Gasteiger partial charge on any atom is 0.278 e. The van der Waals surface area contributed by atoms with Crippen molar-refractivity contribution < 1.29 is 13.2 Å². The van der Waals surface area contributed by atoms with Gasteiger partial charge in [0.25, 0.3) is 5.92 Å². The van der Waals surface area contributed by atoms with Gasteiger partial charge in [0.1, 0.15) is 17.5 Å². The molecule has 1 aliphatic carbocycles. The standard InChI is InChI=1S/C30H36F3N7/c1-18(21-7-6-8-23(26(21)31)30(32,33)20-9-13-40(5)14-10-20)35-27-22-15-24(29(17-34)11-12-29)19(2)36-28(22)38-25(37-27)16-39(3)4/h6-8,15,18,20H,9-14,16H2,1-5H3,(H,35,36,37,38)/t18-/m1/s1. The number of hydrogen-bond acceptors (Lipinski definition) is 7. The molecule has 2 aromatic heterocycles. The maximum absolute atomic E-state index is 15.8. The van der Waals surface area contributed by atoms with Crippen LogP contribution in [0.2, 0.25) is 0 Å². The summed E-state index contributed by atoms with van der Waals surface area (Å²) in [5.74, 6) is -4.11. The average molecular weight is 552 g/mol. The lowest BCUT2D eigenvalue weighted by Crippen LogP contribution is -2.38. The van der Waals surface area contributed by atoms with Crippen molar-refractivity contribution in [3.8, 4) is 6.07 Å². The molecule has 2 fully saturated rings. The Balaban J connectivity index is 1.52. The molecule has 0 unspecified atom stereocenters. The van der Waals surface area contributed by atoms with Crippen LogP contribution in [0.5, 0.6) is 0 Å². The van der Waals surface area contributed by atoms with Crippen molar-refractivity contribution in [3.05, 3.63) is 58.3 Å². The van der Waals surface area contributed by atoms with Gasteiger partial charge < -0.3 is 15.1 Å². The third-order valence-corrected chi connectivity index (χ3v) is 8.30. The Labute approximate surface area is 233 Å². The predicted molar refractivity (Wildman–Crippen MR) is 149 cm³/mol. The third-order valence-electron chi connectivity index (χ3n) is 8.30. The summed E-state index contributed by atoms with van der Waals surface area (Å²) in [6.45, 7) is 5.20. The van der Waals surface area contributed by atoms with E-state index < -0.39 is 34.7 Å². The van der Waals surface area contributed by atoms with Gasteiger partial charge in [0.2, 0.25) is 0 Å². The summed E-state index contributed by atoms with van der Waals surface area (Å²) in [5.41, 5.74) is 1.08. The zero-order valence-corrected chi connectivity index (χ0v) is 23.7. The molecular weight excluding hydrogens is 515 g/mol. The van der Waals surface area contributed by atoms with Crippen LogP contribution in [0.4, 0.5) is 19.0 Å². The highest BCUT2D eigenvalue weighted by molar-refractivity contribution is 5.88. The monoisotopic (exact) mass is 551 g/mol. The first kappa shape index (κ1) is 28.2. The van der Waals surface area contributed by atoms with Crippen LogP contribution in [-0.4, -0.2) is 59.0 Å². The van der Waals surface area contributed by atoms with Crippen molar-refractivity contribution in [2.24, 2.45) is 5.92 Å². The van der Waals surface area contributed by atoms with Crippen molar-refractivity contribution in [3.63, 3.8) is 0 Å². The Morgan fingerprint density at radius 2 is 1.90 bits per heavy atom. The molecule has 1 atom stereocenters. The van der Waals surface area contributed by atoms with E-state index in [1.165, 1.54) is 18.2 Å². The topological polar surface area (TPSA) is 81.0 Å². The lowest BCUT2D eigenvalue weighted by Gasteiger charge is -2.34. The van der Waals surface area contributed by atoms with Crippen LogP contribution in [0.1, 0.15) is 66.9 Å². The van der Waals surface area contributed by atoms with E-state index in [4.69, 9.17) is 9.97 Å². The average Bonchev–Trinajstić information content (AvgIpc) is 3.69. The van der Waals surface area contributed by atoms with Crippen molar-refractivity contribution >= 4 is 16.9 Å². The molecule has 0 amide bonds. The van der Waals surface area contributed by atoms with E-state index in [1.54, 1.807) is 6.92 Å². The number of alkyl halides is 2. The fourth-order valence-electron chi connectivity index (χ4n) is 5.72. The van der Waals surface area contributed by atoms with Gasteiger partial charge in [-0.25, -0.2) is 28.1 Å². The molecule has 3 aromatic rings. The SMILES string of the molecule is Cc1nc2nc(CN(C)C)nc(N[C@H](C)c3cccc(C(F)(F)C4CCN(C)CC4)c3F)c2cc1C1(C#N)CC1. The quantitative estimate of drug-likeness (QED) is 0.385. The Morgan fingerprint density at radius 1 is 1.20 bits per heavy atom. The smallest absolute Gasteiger partial charge is 0.278 e. The van der Waals surface area contributed by atoms with Gasteiger partial charge >= 0.3 is 0 Å². The first-order chi connectivity index (χ1) is 18.9. The molecule has 1 saturated heterocycles. The molecule has 7 nitrogen and oxygen atoms in total. The number of likely N-dealkylation sites (tertiary alicyclic amines) is 1. The molecular formula is C30H36F3N7. The second kappa shape index (κ2) is 10.6. The number of nitriles is 1. The molecule has 3 heterocycles. The van der Waals surface area contributed by atoms with Gasteiger partial charge in [0, 0.05) is 17.2 Å². The highest BCUT2D eigenvalue weighted by Crippen LogP contribution is 2.49. The first-order valence-corrected chi connectivity index (χ1v) is 13.8. The van der Waals surface area contributed by atoms with Gasteiger partial charge in [-0.15, -0.1) is 0 Å². The number of nitrogens with zero attached hydrogens (tertiary/aromatic N) is 6. The third kappa shape index (κ3) is 5.25. The molecule has 40 heavy (non-hydrogen) atoms. The molecule has 2 aliphatic rings. The highest BCUT2D eigenvalue weighted by atomic mass is 19.3. The summed E-state index contributed by atoms with van der Waals surface area (Å²) in [6.07, 6.45) is 2.17. The number of benzene rings is 1. The fourth-order valence-corrected chi connectivity index (χ4v) is 5.72. The number of halogens is 3. The molecule has 1 saturated carbocycles. The lowest BCUT2D eigenvalue weighted by molar-refractivity contribution is -0.0862. The Bertz CT molecular complexity index is 1450. The van der Waals surface area contributed by atoms with Crippen LogP contribution in [0.3, 0.4) is 0 Å². The summed E-state index contributed by atoms with van der Waals surface area (Å²) in [6, 6.07) is 7.89. The molecule has 0 spiro atoms. The second-order valence-corrected chi connectivity index (χ2v) is 11.7. The van der Waals surface area contributed by atoms with Crippen LogP contribution in [0.15, 0.2) is 24.3 Å². The summed E-state index contributed by atoms with van der Waals surface area (Å²) in [7, 11) is 5.72. The number of aryl methyl sites for hydroxylation is 1. The first-order valence-electron chi connectivity index (χ1n) is 13.8. The van der Waals surface area contributed by atoms with Crippen molar-refractivity contribution in [1.29, 1.82) is 5.26 Å². The fraction of sp³-hybridized carbons (Fsp3) is 0.533. The summed E-state index contributed by atoms with van der Waals surface area (Å²) >= 11 is 0. The van der Waals surface area contributed by atoms with E-state index in [0.29, 0.717) is 55.2 Å². The molecule has 10 heteroatoms.